The Bertz CT molecular complexity index is 665. The number of hydrogen-bond acceptors (Lipinski definition) is 2. The van der Waals surface area contributed by atoms with Crippen LogP contribution in [0.1, 0.15) is 30.1 Å². The van der Waals surface area contributed by atoms with Gasteiger partial charge < -0.3 is 10.0 Å². The highest BCUT2D eigenvalue weighted by molar-refractivity contribution is 6.30. The fourth-order valence-corrected chi connectivity index (χ4v) is 3.66. The van der Waals surface area contributed by atoms with E-state index in [4.69, 9.17) is 11.6 Å². The van der Waals surface area contributed by atoms with Crippen LogP contribution in [0.15, 0.2) is 48.5 Å². The minimum absolute atomic E-state index is 0.245. The zero-order valence-electron chi connectivity index (χ0n) is 13.2. The number of piperidine rings is 1. The summed E-state index contributed by atoms with van der Waals surface area (Å²) < 4.78 is 14.5. The lowest BCUT2D eigenvalue weighted by molar-refractivity contribution is 0.0327. The summed E-state index contributed by atoms with van der Waals surface area (Å²) >= 11 is 5.95. The molecule has 0 bridgehead atoms. The van der Waals surface area contributed by atoms with Crippen molar-refractivity contribution in [3.05, 3.63) is 70.5 Å². The number of benzene rings is 2. The molecule has 23 heavy (non-hydrogen) atoms. The molecular formula is C19H21ClFNO. The van der Waals surface area contributed by atoms with Crippen molar-refractivity contribution in [2.75, 3.05) is 20.1 Å². The van der Waals surface area contributed by atoms with Crippen LogP contribution in [-0.4, -0.2) is 30.1 Å². The second kappa shape index (κ2) is 6.60. The summed E-state index contributed by atoms with van der Waals surface area (Å²) in [5.74, 6) is -0.245. The van der Waals surface area contributed by atoms with Crippen molar-refractivity contribution < 1.29 is 9.50 Å². The SMILES string of the molecule is CN1CCC(c2ccccc2F)(C(O)c2ccc(Cl)cc2)CC1. The minimum Gasteiger partial charge on any atom is -0.387 e. The highest BCUT2D eigenvalue weighted by atomic mass is 35.5. The Kier molecular flexibility index (Phi) is 4.72. The summed E-state index contributed by atoms with van der Waals surface area (Å²) in [4.78, 5) is 2.22. The van der Waals surface area contributed by atoms with Gasteiger partial charge in [-0.25, -0.2) is 4.39 Å². The quantitative estimate of drug-likeness (QED) is 0.911. The number of halogens is 2. The van der Waals surface area contributed by atoms with Gasteiger partial charge in [-0.1, -0.05) is 41.9 Å². The van der Waals surface area contributed by atoms with E-state index in [2.05, 4.69) is 11.9 Å². The molecule has 2 aromatic carbocycles. The van der Waals surface area contributed by atoms with E-state index < -0.39 is 11.5 Å². The van der Waals surface area contributed by atoms with Crippen LogP contribution in [0, 0.1) is 5.82 Å². The first-order valence-corrected chi connectivity index (χ1v) is 8.28. The Morgan fingerprint density at radius 3 is 2.30 bits per heavy atom. The third kappa shape index (κ3) is 3.14. The van der Waals surface area contributed by atoms with E-state index in [-0.39, 0.29) is 5.82 Å². The predicted molar refractivity (Wildman–Crippen MR) is 91.2 cm³/mol. The molecule has 2 nitrogen and oxygen atoms in total. The maximum atomic E-state index is 14.5. The molecule has 0 radical (unpaired) electrons. The van der Waals surface area contributed by atoms with Crippen molar-refractivity contribution in [3.63, 3.8) is 0 Å². The van der Waals surface area contributed by atoms with Crippen molar-refractivity contribution in [1.29, 1.82) is 0 Å². The average molecular weight is 334 g/mol. The number of rotatable bonds is 3. The van der Waals surface area contributed by atoms with E-state index in [0.29, 0.717) is 23.4 Å². The molecule has 0 spiro atoms. The Labute approximate surface area is 141 Å². The van der Waals surface area contributed by atoms with Crippen LogP contribution in [0.3, 0.4) is 0 Å². The monoisotopic (exact) mass is 333 g/mol. The van der Waals surface area contributed by atoms with Crippen molar-refractivity contribution in [1.82, 2.24) is 4.90 Å². The minimum atomic E-state index is -0.759. The number of nitrogens with zero attached hydrogens (tertiary/aromatic N) is 1. The lowest BCUT2D eigenvalue weighted by Gasteiger charge is -2.44. The van der Waals surface area contributed by atoms with Crippen LogP contribution in [0.25, 0.3) is 0 Å². The number of hydrogen-bond donors (Lipinski definition) is 1. The largest absolute Gasteiger partial charge is 0.387 e. The zero-order valence-corrected chi connectivity index (χ0v) is 13.9. The van der Waals surface area contributed by atoms with Gasteiger partial charge in [-0.2, -0.15) is 0 Å². The molecule has 1 fully saturated rings. The molecule has 4 heteroatoms. The lowest BCUT2D eigenvalue weighted by atomic mass is 9.67. The number of aliphatic hydroxyl groups excluding tert-OH is 1. The fourth-order valence-electron chi connectivity index (χ4n) is 3.54. The molecule has 1 unspecified atom stereocenters. The molecule has 0 amide bonds. The maximum Gasteiger partial charge on any atom is 0.127 e. The summed E-state index contributed by atoms with van der Waals surface area (Å²) in [5.41, 5.74) is 0.781. The average Bonchev–Trinajstić information content (AvgIpc) is 2.57. The van der Waals surface area contributed by atoms with E-state index in [1.165, 1.54) is 6.07 Å². The van der Waals surface area contributed by atoms with Gasteiger partial charge in [0.15, 0.2) is 0 Å². The smallest absolute Gasteiger partial charge is 0.127 e. The summed E-state index contributed by atoms with van der Waals surface area (Å²) in [6.45, 7) is 1.66. The van der Waals surface area contributed by atoms with Gasteiger partial charge >= 0.3 is 0 Å². The Balaban J connectivity index is 2.05. The Morgan fingerprint density at radius 1 is 1.09 bits per heavy atom. The Hall–Kier alpha value is -1.42. The predicted octanol–water partition coefficient (Wildman–Crippen LogP) is 4.18. The van der Waals surface area contributed by atoms with E-state index in [9.17, 15) is 9.50 Å². The van der Waals surface area contributed by atoms with Crippen LogP contribution in [-0.2, 0) is 5.41 Å². The van der Waals surface area contributed by atoms with E-state index in [0.717, 1.165) is 18.7 Å². The third-order valence-corrected chi connectivity index (χ3v) is 5.25. The van der Waals surface area contributed by atoms with E-state index in [1.807, 2.05) is 18.2 Å². The Morgan fingerprint density at radius 2 is 1.70 bits per heavy atom. The van der Waals surface area contributed by atoms with E-state index in [1.54, 1.807) is 24.3 Å². The highest BCUT2D eigenvalue weighted by Crippen LogP contribution is 2.46. The van der Waals surface area contributed by atoms with Crippen LogP contribution >= 0.6 is 11.6 Å². The first-order valence-electron chi connectivity index (χ1n) is 7.90. The van der Waals surface area contributed by atoms with Gasteiger partial charge in [-0.15, -0.1) is 0 Å². The molecule has 1 atom stereocenters. The molecule has 1 N–H and O–H groups in total. The second-order valence-corrected chi connectivity index (χ2v) is 6.83. The fraction of sp³-hybridized carbons (Fsp3) is 0.368. The van der Waals surface area contributed by atoms with Gasteiger partial charge in [0.2, 0.25) is 0 Å². The summed E-state index contributed by atoms with van der Waals surface area (Å²) in [6.07, 6.45) is 0.674. The standard InChI is InChI=1S/C19H21ClFNO/c1-22-12-10-19(11-13-22,16-4-2-3-5-17(16)21)18(23)14-6-8-15(20)9-7-14/h2-9,18,23H,10-13H2,1H3. The molecule has 3 rings (SSSR count). The van der Waals surface area contributed by atoms with Gasteiger partial charge in [0.25, 0.3) is 0 Å². The first kappa shape index (κ1) is 16.4. The third-order valence-electron chi connectivity index (χ3n) is 5.00. The van der Waals surface area contributed by atoms with Crippen LogP contribution in [0.4, 0.5) is 4.39 Å². The lowest BCUT2D eigenvalue weighted by Crippen LogP contribution is -2.45. The second-order valence-electron chi connectivity index (χ2n) is 6.39. The van der Waals surface area contributed by atoms with Crippen LogP contribution in [0.2, 0.25) is 5.02 Å². The van der Waals surface area contributed by atoms with Crippen LogP contribution < -0.4 is 0 Å². The topological polar surface area (TPSA) is 23.5 Å². The molecule has 1 aliphatic rings. The van der Waals surface area contributed by atoms with Gasteiger partial charge in [0.05, 0.1) is 6.10 Å². The van der Waals surface area contributed by atoms with Crippen molar-refractivity contribution in [3.8, 4) is 0 Å². The first-order chi connectivity index (χ1) is 11.0. The molecular weight excluding hydrogens is 313 g/mol. The summed E-state index contributed by atoms with van der Waals surface area (Å²) in [6, 6.07) is 14.0. The number of likely N-dealkylation sites (tertiary alicyclic amines) is 1. The van der Waals surface area contributed by atoms with Crippen molar-refractivity contribution in [2.24, 2.45) is 0 Å². The summed E-state index contributed by atoms with van der Waals surface area (Å²) in [7, 11) is 2.06. The highest BCUT2D eigenvalue weighted by Gasteiger charge is 2.43. The molecule has 0 aromatic heterocycles. The van der Waals surface area contributed by atoms with Gasteiger partial charge in [-0.05, 0) is 62.3 Å². The van der Waals surface area contributed by atoms with Gasteiger partial charge in [-0.3, -0.25) is 0 Å². The zero-order chi connectivity index (χ0) is 16.4. The summed E-state index contributed by atoms with van der Waals surface area (Å²) in [5, 5.41) is 11.8. The molecule has 1 heterocycles. The van der Waals surface area contributed by atoms with Crippen molar-refractivity contribution >= 4 is 11.6 Å². The molecule has 122 valence electrons. The molecule has 2 aromatic rings. The maximum absolute atomic E-state index is 14.5. The van der Waals surface area contributed by atoms with Crippen LogP contribution in [0.5, 0.6) is 0 Å². The molecule has 0 aliphatic carbocycles. The molecule has 1 saturated heterocycles. The van der Waals surface area contributed by atoms with Gasteiger partial charge in [0.1, 0.15) is 5.82 Å². The van der Waals surface area contributed by atoms with Gasteiger partial charge in [0, 0.05) is 10.4 Å². The van der Waals surface area contributed by atoms with E-state index >= 15 is 0 Å². The molecule has 1 aliphatic heterocycles. The molecule has 0 saturated carbocycles. The van der Waals surface area contributed by atoms with Crippen molar-refractivity contribution in [2.45, 2.75) is 24.4 Å². The normalized spacial score (nSPS) is 19.5. The number of aliphatic hydroxyl groups is 1.